The number of urea groups is 1. The van der Waals surface area contributed by atoms with E-state index in [4.69, 9.17) is 5.11 Å². The third-order valence-electron chi connectivity index (χ3n) is 4.44. The molecule has 0 aromatic rings. The summed E-state index contributed by atoms with van der Waals surface area (Å²) in [5.74, 6) is -0.905. The topological polar surface area (TPSA) is 60.9 Å². The zero-order valence-electron chi connectivity index (χ0n) is 12.2. The monoisotopic (exact) mass is 282 g/mol. The molecule has 2 amide bonds. The second-order valence-electron chi connectivity index (χ2n) is 6.00. The molecule has 1 saturated heterocycles. The molecular weight excluding hydrogens is 256 g/mol. The van der Waals surface area contributed by atoms with Crippen LogP contribution in [0.25, 0.3) is 0 Å². The average molecular weight is 282 g/mol. The predicted molar refractivity (Wildman–Crippen MR) is 76.7 cm³/mol. The third kappa shape index (κ3) is 4.12. The molecule has 0 atom stereocenters. The van der Waals surface area contributed by atoms with Gasteiger partial charge in [0.15, 0.2) is 0 Å². The number of hydrogen-bond acceptors (Lipinski definition) is 2. The average Bonchev–Trinajstić information content (AvgIpc) is 2.88. The van der Waals surface area contributed by atoms with Gasteiger partial charge < -0.3 is 14.9 Å². The fraction of sp³-hybridized carbons (Fsp3) is 0.867. The molecule has 1 saturated carbocycles. The van der Waals surface area contributed by atoms with Crippen molar-refractivity contribution in [2.24, 2.45) is 0 Å². The fourth-order valence-electron chi connectivity index (χ4n) is 3.33. The quantitative estimate of drug-likeness (QED) is 0.865. The van der Waals surface area contributed by atoms with E-state index in [1.807, 2.05) is 4.90 Å². The first-order valence-electron chi connectivity index (χ1n) is 7.96. The number of carbonyl (C=O) groups is 2. The van der Waals surface area contributed by atoms with E-state index in [1.54, 1.807) is 4.90 Å². The standard InChI is InChI=1S/C15H26N2O3/c18-14(19)12-17(13-8-4-5-9-13)15(20)16-10-6-2-1-3-7-11-16/h13H,1-12H2,(H,18,19). The van der Waals surface area contributed by atoms with Crippen molar-refractivity contribution in [3.8, 4) is 0 Å². The molecule has 0 aromatic carbocycles. The van der Waals surface area contributed by atoms with Crippen molar-refractivity contribution in [2.75, 3.05) is 19.6 Å². The summed E-state index contributed by atoms with van der Waals surface area (Å²) >= 11 is 0. The largest absolute Gasteiger partial charge is 0.480 e. The van der Waals surface area contributed by atoms with Crippen LogP contribution >= 0.6 is 0 Å². The molecule has 114 valence electrons. The molecule has 1 N–H and O–H groups in total. The van der Waals surface area contributed by atoms with Crippen LogP contribution in [0.5, 0.6) is 0 Å². The summed E-state index contributed by atoms with van der Waals surface area (Å²) in [6.07, 6.45) is 9.79. The number of nitrogens with zero attached hydrogens (tertiary/aromatic N) is 2. The second kappa shape index (κ2) is 7.50. The van der Waals surface area contributed by atoms with E-state index in [0.717, 1.165) is 51.6 Å². The summed E-state index contributed by atoms with van der Waals surface area (Å²) in [7, 11) is 0. The number of carbonyl (C=O) groups excluding carboxylic acids is 1. The Hall–Kier alpha value is -1.26. The highest BCUT2D eigenvalue weighted by atomic mass is 16.4. The molecule has 0 aromatic heterocycles. The molecule has 2 fully saturated rings. The number of amides is 2. The molecule has 0 unspecified atom stereocenters. The highest BCUT2D eigenvalue weighted by molar-refractivity contribution is 5.80. The molecule has 20 heavy (non-hydrogen) atoms. The summed E-state index contributed by atoms with van der Waals surface area (Å²) in [6.45, 7) is 1.41. The number of aliphatic carboxylic acids is 1. The first-order valence-corrected chi connectivity index (χ1v) is 7.96. The smallest absolute Gasteiger partial charge is 0.323 e. The minimum absolute atomic E-state index is 0.0544. The molecule has 5 heteroatoms. The van der Waals surface area contributed by atoms with E-state index in [-0.39, 0.29) is 18.6 Å². The first-order chi connectivity index (χ1) is 9.68. The maximum atomic E-state index is 12.7. The molecule has 1 aliphatic heterocycles. The van der Waals surface area contributed by atoms with Crippen LogP contribution in [-0.4, -0.2) is 52.6 Å². The summed E-state index contributed by atoms with van der Waals surface area (Å²) < 4.78 is 0. The number of carboxylic acids is 1. The van der Waals surface area contributed by atoms with Crippen molar-refractivity contribution in [3.05, 3.63) is 0 Å². The van der Waals surface area contributed by atoms with Crippen LogP contribution in [0.3, 0.4) is 0 Å². The van der Waals surface area contributed by atoms with Crippen molar-refractivity contribution in [3.63, 3.8) is 0 Å². The highest BCUT2D eigenvalue weighted by Crippen LogP contribution is 2.25. The Bertz CT molecular complexity index is 332. The van der Waals surface area contributed by atoms with Crippen LogP contribution in [0.15, 0.2) is 0 Å². The van der Waals surface area contributed by atoms with Gasteiger partial charge in [-0.15, -0.1) is 0 Å². The van der Waals surface area contributed by atoms with Crippen molar-refractivity contribution in [1.29, 1.82) is 0 Å². The zero-order chi connectivity index (χ0) is 14.4. The Morgan fingerprint density at radius 1 is 0.950 bits per heavy atom. The summed E-state index contributed by atoms with van der Waals surface area (Å²) in [5.41, 5.74) is 0. The van der Waals surface area contributed by atoms with Gasteiger partial charge in [0.25, 0.3) is 0 Å². The molecule has 2 rings (SSSR count). The Labute approximate surface area is 120 Å². The molecule has 0 spiro atoms. The van der Waals surface area contributed by atoms with Crippen LogP contribution < -0.4 is 0 Å². The molecule has 0 bridgehead atoms. The van der Waals surface area contributed by atoms with Gasteiger partial charge in [0.1, 0.15) is 6.54 Å². The van der Waals surface area contributed by atoms with Crippen molar-refractivity contribution >= 4 is 12.0 Å². The maximum Gasteiger partial charge on any atom is 0.323 e. The minimum atomic E-state index is -0.905. The van der Waals surface area contributed by atoms with E-state index >= 15 is 0 Å². The molecule has 5 nitrogen and oxygen atoms in total. The number of carboxylic acid groups (broad SMARTS) is 1. The van der Waals surface area contributed by atoms with Gasteiger partial charge in [-0.2, -0.15) is 0 Å². The third-order valence-corrected chi connectivity index (χ3v) is 4.44. The van der Waals surface area contributed by atoms with Gasteiger partial charge in [0.2, 0.25) is 0 Å². The minimum Gasteiger partial charge on any atom is -0.480 e. The van der Waals surface area contributed by atoms with Crippen molar-refractivity contribution in [2.45, 2.75) is 63.8 Å². The molecule has 2 aliphatic rings. The Morgan fingerprint density at radius 2 is 1.50 bits per heavy atom. The maximum absolute atomic E-state index is 12.7. The Morgan fingerprint density at radius 3 is 2.05 bits per heavy atom. The van der Waals surface area contributed by atoms with Gasteiger partial charge in [0, 0.05) is 19.1 Å². The summed E-state index contributed by atoms with van der Waals surface area (Å²) in [4.78, 5) is 27.2. The van der Waals surface area contributed by atoms with Gasteiger partial charge in [0.05, 0.1) is 0 Å². The van der Waals surface area contributed by atoms with E-state index < -0.39 is 5.97 Å². The van der Waals surface area contributed by atoms with E-state index in [1.165, 1.54) is 19.3 Å². The lowest BCUT2D eigenvalue weighted by molar-refractivity contribution is -0.138. The van der Waals surface area contributed by atoms with Gasteiger partial charge >= 0.3 is 12.0 Å². The van der Waals surface area contributed by atoms with Gasteiger partial charge in [-0.1, -0.05) is 32.1 Å². The molecule has 0 radical (unpaired) electrons. The van der Waals surface area contributed by atoms with Gasteiger partial charge in [-0.05, 0) is 25.7 Å². The van der Waals surface area contributed by atoms with E-state index in [9.17, 15) is 9.59 Å². The number of likely N-dealkylation sites (tertiary alicyclic amines) is 1. The van der Waals surface area contributed by atoms with Crippen LogP contribution in [0.2, 0.25) is 0 Å². The summed E-state index contributed by atoms with van der Waals surface area (Å²) in [6, 6.07) is 0.0743. The molecular formula is C15H26N2O3. The summed E-state index contributed by atoms with van der Waals surface area (Å²) in [5, 5.41) is 9.08. The predicted octanol–water partition coefficient (Wildman–Crippen LogP) is 2.70. The van der Waals surface area contributed by atoms with Crippen LogP contribution in [0, 0.1) is 0 Å². The van der Waals surface area contributed by atoms with E-state index in [2.05, 4.69) is 0 Å². The second-order valence-corrected chi connectivity index (χ2v) is 6.00. The van der Waals surface area contributed by atoms with Crippen LogP contribution in [0.1, 0.15) is 57.8 Å². The van der Waals surface area contributed by atoms with Crippen LogP contribution in [-0.2, 0) is 4.79 Å². The van der Waals surface area contributed by atoms with Gasteiger partial charge in [-0.3, -0.25) is 4.79 Å². The fourth-order valence-corrected chi connectivity index (χ4v) is 3.33. The van der Waals surface area contributed by atoms with Crippen LogP contribution in [0.4, 0.5) is 4.79 Å². The lowest BCUT2D eigenvalue weighted by Gasteiger charge is -2.34. The molecule has 1 aliphatic carbocycles. The lowest BCUT2D eigenvalue weighted by Crippen LogP contribution is -2.50. The Balaban J connectivity index is 2.01. The molecule has 1 heterocycles. The van der Waals surface area contributed by atoms with E-state index in [0.29, 0.717) is 0 Å². The first kappa shape index (κ1) is 15.1. The highest BCUT2D eigenvalue weighted by Gasteiger charge is 2.31. The van der Waals surface area contributed by atoms with Gasteiger partial charge in [-0.25, -0.2) is 4.79 Å². The van der Waals surface area contributed by atoms with Crippen molar-refractivity contribution in [1.82, 2.24) is 9.80 Å². The normalized spacial score (nSPS) is 21.3. The van der Waals surface area contributed by atoms with Crippen molar-refractivity contribution < 1.29 is 14.7 Å². The Kier molecular flexibility index (Phi) is 5.68. The number of hydrogen-bond donors (Lipinski definition) is 1. The lowest BCUT2D eigenvalue weighted by atomic mass is 10.1. The number of rotatable bonds is 3. The SMILES string of the molecule is O=C(O)CN(C(=O)N1CCCCCCC1)C1CCCC1. The zero-order valence-corrected chi connectivity index (χ0v) is 12.2.